The van der Waals surface area contributed by atoms with Gasteiger partial charge in [-0.15, -0.1) is 0 Å². The molecule has 1 amide bonds. The second-order valence-electron chi connectivity index (χ2n) is 6.76. The van der Waals surface area contributed by atoms with Gasteiger partial charge in [-0.1, -0.05) is 22.8 Å². The fraction of sp³-hybridized carbons (Fsp3) is 0.444. The number of carbonyl (C=O) groups is 1. The molecule has 3 rings (SSSR count). The molecule has 1 aliphatic rings. The van der Waals surface area contributed by atoms with Gasteiger partial charge in [-0.25, -0.2) is 8.42 Å². The summed E-state index contributed by atoms with van der Waals surface area (Å²) in [5.74, 6) is -0.389. The number of carbonyl (C=O) groups excluding carboxylic acids is 1. The van der Waals surface area contributed by atoms with Crippen LogP contribution in [-0.4, -0.2) is 36.9 Å². The van der Waals surface area contributed by atoms with Crippen LogP contribution in [0, 0.1) is 26.7 Å². The van der Waals surface area contributed by atoms with Crippen molar-refractivity contribution in [1.29, 1.82) is 0 Å². The molecule has 0 saturated carbocycles. The molecule has 0 aliphatic carbocycles. The molecule has 9 heteroatoms. The maximum absolute atomic E-state index is 13.0. The molecule has 1 unspecified atom stereocenters. The number of aromatic nitrogens is 1. The summed E-state index contributed by atoms with van der Waals surface area (Å²) < 4.78 is 32.3. The van der Waals surface area contributed by atoms with Crippen LogP contribution in [0.3, 0.4) is 0 Å². The first kappa shape index (κ1) is 19.9. The van der Waals surface area contributed by atoms with Gasteiger partial charge in [-0.3, -0.25) is 4.79 Å². The van der Waals surface area contributed by atoms with E-state index < -0.39 is 15.9 Å². The minimum atomic E-state index is -3.76. The van der Waals surface area contributed by atoms with Gasteiger partial charge in [0.05, 0.1) is 5.92 Å². The predicted molar refractivity (Wildman–Crippen MR) is 102 cm³/mol. The molecule has 1 N–H and O–H groups in total. The third-order valence-electron chi connectivity index (χ3n) is 4.85. The van der Waals surface area contributed by atoms with Crippen LogP contribution in [-0.2, 0) is 14.8 Å². The van der Waals surface area contributed by atoms with Crippen molar-refractivity contribution < 1.29 is 17.7 Å². The summed E-state index contributed by atoms with van der Waals surface area (Å²) in [6.45, 7) is 5.49. The van der Waals surface area contributed by atoms with Crippen LogP contribution >= 0.6 is 11.6 Å². The zero-order chi connectivity index (χ0) is 19.8. The van der Waals surface area contributed by atoms with Crippen LogP contribution in [0.2, 0.25) is 5.02 Å². The average Bonchev–Trinajstić information content (AvgIpc) is 2.98. The molecule has 2 aromatic rings. The van der Waals surface area contributed by atoms with Crippen molar-refractivity contribution in [3.63, 3.8) is 0 Å². The lowest BCUT2D eigenvalue weighted by Crippen LogP contribution is -2.44. The van der Waals surface area contributed by atoms with Gasteiger partial charge in [0.15, 0.2) is 5.76 Å². The minimum Gasteiger partial charge on any atom is -0.360 e. The SMILES string of the molecule is Cc1noc(C)c1S(=O)(=O)N1CCCC(C(=O)Nc2cccc(Cl)c2C)C1. The van der Waals surface area contributed by atoms with Gasteiger partial charge < -0.3 is 9.84 Å². The second-order valence-corrected chi connectivity index (χ2v) is 9.04. The maximum Gasteiger partial charge on any atom is 0.248 e. The van der Waals surface area contributed by atoms with Gasteiger partial charge in [0, 0.05) is 23.8 Å². The van der Waals surface area contributed by atoms with Crippen LogP contribution in [0.5, 0.6) is 0 Å². The molecule has 1 aromatic heterocycles. The van der Waals surface area contributed by atoms with Crippen molar-refractivity contribution in [2.75, 3.05) is 18.4 Å². The number of aryl methyl sites for hydroxylation is 2. The molecule has 1 saturated heterocycles. The third kappa shape index (κ3) is 3.88. The molecule has 146 valence electrons. The van der Waals surface area contributed by atoms with E-state index in [1.54, 1.807) is 32.0 Å². The van der Waals surface area contributed by atoms with E-state index in [0.29, 0.717) is 35.8 Å². The fourth-order valence-electron chi connectivity index (χ4n) is 3.32. The van der Waals surface area contributed by atoms with Gasteiger partial charge in [0.25, 0.3) is 0 Å². The van der Waals surface area contributed by atoms with Crippen molar-refractivity contribution in [2.45, 2.75) is 38.5 Å². The highest BCUT2D eigenvalue weighted by atomic mass is 35.5. The van der Waals surface area contributed by atoms with Gasteiger partial charge in [-0.2, -0.15) is 4.31 Å². The lowest BCUT2D eigenvalue weighted by Gasteiger charge is -2.31. The normalized spacial score (nSPS) is 18.4. The number of anilines is 1. The van der Waals surface area contributed by atoms with E-state index >= 15 is 0 Å². The number of hydrogen-bond acceptors (Lipinski definition) is 5. The number of piperidine rings is 1. The van der Waals surface area contributed by atoms with Crippen molar-refractivity contribution in [2.24, 2.45) is 5.92 Å². The number of nitrogens with zero attached hydrogens (tertiary/aromatic N) is 2. The number of nitrogens with one attached hydrogen (secondary N) is 1. The number of amides is 1. The van der Waals surface area contributed by atoms with E-state index in [1.807, 2.05) is 6.92 Å². The van der Waals surface area contributed by atoms with E-state index in [-0.39, 0.29) is 23.1 Å². The summed E-state index contributed by atoms with van der Waals surface area (Å²) in [5, 5.41) is 7.18. The van der Waals surface area contributed by atoms with Crippen LogP contribution in [0.15, 0.2) is 27.6 Å². The molecule has 27 heavy (non-hydrogen) atoms. The van der Waals surface area contributed by atoms with Crippen LogP contribution in [0.4, 0.5) is 5.69 Å². The van der Waals surface area contributed by atoms with Crippen molar-refractivity contribution in [1.82, 2.24) is 9.46 Å². The Morgan fingerprint density at radius 2 is 2.07 bits per heavy atom. The summed E-state index contributed by atoms with van der Waals surface area (Å²) in [6, 6.07) is 5.30. The summed E-state index contributed by atoms with van der Waals surface area (Å²) in [5.41, 5.74) is 1.75. The largest absolute Gasteiger partial charge is 0.360 e. The average molecular weight is 412 g/mol. The number of rotatable bonds is 4. The van der Waals surface area contributed by atoms with Gasteiger partial charge in [0.1, 0.15) is 10.6 Å². The molecule has 1 fully saturated rings. The molecular formula is C18H22ClN3O4S. The topological polar surface area (TPSA) is 92.5 Å². The minimum absolute atomic E-state index is 0.0919. The van der Waals surface area contributed by atoms with Crippen LogP contribution in [0.25, 0.3) is 0 Å². The Bertz CT molecular complexity index is 951. The maximum atomic E-state index is 13.0. The van der Waals surface area contributed by atoms with Crippen molar-refractivity contribution in [3.05, 3.63) is 40.2 Å². The highest BCUT2D eigenvalue weighted by Crippen LogP contribution is 2.29. The number of halogens is 1. The van der Waals surface area contributed by atoms with E-state index in [1.165, 1.54) is 4.31 Å². The Labute approximate surface area is 163 Å². The fourth-order valence-corrected chi connectivity index (χ4v) is 5.31. The Morgan fingerprint density at radius 1 is 1.33 bits per heavy atom. The first-order valence-corrected chi connectivity index (χ1v) is 10.5. The number of benzene rings is 1. The van der Waals surface area contributed by atoms with E-state index in [2.05, 4.69) is 10.5 Å². The quantitative estimate of drug-likeness (QED) is 0.833. The molecular weight excluding hydrogens is 390 g/mol. The molecule has 0 bridgehead atoms. The second kappa shape index (κ2) is 7.61. The van der Waals surface area contributed by atoms with Gasteiger partial charge in [-0.05, 0) is 51.3 Å². The summed E-state index contributed by atoms with van der Waals surface area (Å²) in [7, 11) is -3.76. The molecule has 1 aromatic carbocycles. The molecule has 7 nitrogen and oxygen atoms in total. The molecule has 0 radical (unpaired) electrons. The lowest BCUT2D eigenvalue weighted by atomic mass is 9.98. The monoisotopic (exact) mass is 411 g/mol. The summed E-state index contributed by atoms with van der Waals surface area (Å²) in [4.78, 5) is 12.8. The molecule has 2 heterocycles. The molecule has 1 atom stereocenters. The summed E-state index contributed by atoms with van der Waals surface area (Å²) in [6.07, 6.45) is 1.23. The Morgan fingerprint density at radius 3 is 2.74 bits per heavy atom. The standard InChI is InChI=1S/C18H22ClN3O4S/c1-11-15(19)7-4-8-16(11)20-18(23)14-6-5-9-22(10-14)27(24,25)17-12(2)21-26-13(17)3/h4,7-8,14H,5-6,9-10H2,1-3H3,(H,20,23). The zero-order valence-corrected chi connectivity index (χ0v) is 17.0. The summed E-state index contributed by atoms with van der Waals surface area (Å²) >= 11 is 6.10. The zero-order valence-electron chi connectivity index (χ0n) is 15.5. The van der Waals surface area contributed by atoms with Gasteiger partial charge in [0.2, 0.25) is 15.9 Å². The van der Waals surface area contributed by atoms with E-state index in [0.717, 1.165) is 5.56 Å². The van der Waals surface area contributed by atoms with E-state index in [4.69, 9.17) is 16.1 Å². The van der Waals surface area contributed by atoms with Crippen molar-refractivity contribution >= 4 is 33.2 Å². The van der Waals surface area contributed by atoms with Crippen LogP contribution in [0.1, 0.15) is 29.9 Å². The van der Waals surface area contributed by atoms with E-state index in [9.17, 15) is 13.2 Å². The Hall–Kier alpha value is -1.90. The highest BCUT2D eigenvalue weighted by molar-refractivity contribution is 7.89. The van der Waals surface area contributed by atoms with Gasteiger partial charge >= 0.3 is 0 Å². The first-order chi connectivity index (χ1) is 12.7. The predicted octanol–water partition coefficient (Wildman–Crippen LogP) is 3.29. The third-order valence-corrected chi connectivity index (χ3v) is 7.37. The smallest absolute Gasteiger partial charge is 0.248 e. The first-order valence-electron chi connectivity index (χ1n) is 8.71. The number of sulfonamides is 1. The molecule has 1 aliphatic heterocycles. The molecule has 0 spiro atoms. The Kier molecular flexibility index (Phi) is 5.60. The van der Waals surface area contributed by atoms with Crippen LogP contribution < -0.4 is 5.32 Å². The highest BCUT2D eigenvalue weighted by Gasteiger charge is 2.36. The van der Waals surface area contributed by atoms with Crippen molar-refractivity contribution in [3.8, 4) is 0 Å². The lowest BCUT2D eigenvalue weighted by molar-refractivity contribution is -0.120. The number of hydrogen-bond donors (Lipinski definition) is 1. The Balaban J connectivity index is 1.78.